The van der Waals surface area contributed by atoms with Crippen molar-refractivity contribution >= 4 is 28.9 Å². The van der Waals surface area contributed by atoms with Crippen molar-refractivity contribution in [3.8, 4) is 0 Å². The molecule has 1 aromatic rings. The second kappa shape index (κ2) is 4.27. The minimum atomic E-state index is -0.176. The number of thioether (sulfide) groups is 1. The Hall–Kier alpha value is -1.62. The normalized spacial score (nSPS) is 17.8. The van der Waals surface area contributed by atoms with E-state index in [0.29, 0.717) is 10.9 Å². The summed E-state index contributed by atoms with van der Waals surface area (Å²) < 4.78 is 0. The predicted octanol–water partition coefficient (Wildman–Crippen LogP) is 1.27. The number of carbonyl (C=O) groups excluding carboxylic acids is 1. The Kier molecular flexibility index (Phi) is 2.82. The summed E-state index contributed by atoms with van der Waals surface area (Å²) in [6.45, 7) is 0. The zero-order valence-corrected chi connectivity index (χ0v) is 8.91. The van der Waals surface area contributed by atoms with E-state index < -0.39 is 0 Å². The fraction of sp³-hybridized carbons (Fsp3) is 0.100. The van der Waals surface area contributed by atoms with Gasteiger partial charge in [0, 0.05) is 6.20 Å². The van der Waals surface area contributed by atoms with Crippen LogP contribution >= 0.6 is 11.8 Å². The number of aliphatic imine (C=N–C) groups is 1. The van der Waals surface area contributed by atoms with Gasteiger partial charge in [0.05, 0.1) is 5.69 Å². The highest BCUT2D eigenvalue weighted by Crippen LogP contribution is 2.13. The highest BCUT2D eigenvalue weighted by atomic mass is 32.2. The van der Waals surface area contributed by atoms with E-state index in [9.17, 15) is 4.79 Å². The number of pyridine rings is 1. The van der Waals surface area contributed by atoms with Gasteiger partial charge in [0.1, 0.15) is 5.70 Å². The number of rotatable bonds is 1. The molecular formula is C10H9N3OS. The van der Waals surface area contributed by atoms with Crippen LogP contribution in [0.5, 0.6) is 0 Å². The Morgan fingerprint density at radius 3 is 2.93 bits per heavy atom. The SMILES string of the molecule is CSC1=NC(=Cc2ccccn2)C(=O)N1. The minimum absolute atomic E-state index is 0.176. The first kappa shape index (κ1) is 9.92. The van der Waals surface area contributed by atoms with Crippen molar-refractivity contribution in [1.29, 1.82) is 0 Å². The molecule has 76 valence electrons. The minimum Gasteiger partial charge on any atom is -0.300 e. The molecule has 1 N–H and O–H groups in total. The Bertz CT molecular complexity index is 439. The van der Waals surface area contributed by atoms with Crippen molar-refractivity contribution in [2.75, 3.05) is 6.26 Å². The van der Waals surface area contributed by atoms with Crippen LogP contribution in [0.25, 0.3) is 6.08 Å². The number of amides is 1. The van der Waals surface area contributed by atoms with Gasteiger partial charge in [-0.05, 0) is 24.5 Å². The smallest absolute Gasteiger partial charge is 0.276 e. The molecule has 0 saturated carbocycles. The van der Waals surface area contributed by atoms with E-state index in [4.69, 9.17) is 0 Å². The van der Waals surface area contributed by atoms with E-state index in [2.05, 4.69) is 15.3 Å². The Labute approximate surface area is 91.5 Å². The first-order chi connectivity index (χ1) is 7.29. The lowest BCUT2D eigenvalue weighted by Gasteiger charge is -1.92. The predicted molar refractivity (Wildman–Crippen MR) is 61.3 cm³/mol. The average molecular weight is 219 g/mol. The van der Waals surface area contributed by atoms with Gasteiger partial charge in [-0.3, -0.25) is 15.1 Å². The summed E-state index contributed by atoms with van der Waals surface area (Å²) >= 11 is 1.41. The van der Waals surface area contributed by atoms with E-state index in [1.54, 1.807) is 12.3 Å². The number of hydrogen-bond donors (Lipinski definition) is 1. The summed E-state index contributed by atoms with van der Waals surface area (Å²) in [6.07, 6.45) is 5.21. The molecule has 0 fully saturated rings. The van der Waals surface area contributed by atoms with Gasteiger partial charge < -0.3 is 0 Å². The van der Waals surface area contributed by atoms with Crippen LogP contribution in [0.3, 0.4) is 0 Å². The maximum atomic E-state index is 11.4. The van der Waals surface area contributed by atoms with Gasteiger partial charge in [0.25, 0.3) is 5.91 Å². The lowest BCUT2D eigenvalue weighted by molar-refractivity contribution is -0.115. The molecule has 0 aromatic carbocycles. The molecule has 0 atom stereocenters. The molecule has 1 amide bonds. The zero-order chi connectivity index (χ0) is 10.7. The summed E-state index contributed by atoms with van der Waals surface area (Å²) in [5.41, 5.74) is 1.13. The standard InChI is InChI=1S/C10H9N3OS/c1-15-10-12-8(9(14)13-10)6-7-4-2-3-5-11-7/h2-6H,1H3,(H,12,13,14). The van der Waals surface area contributed by atoms with Gasteiger partial charge in [-0.1, -0.05) is 17.8 Å². The highest BCUT2D eigenvalue weighted by Gasteiger charge is 2.18. The second-order valence-electron chi connectivity index (χ2n) is 2.86. The number of hydrogen-bond acceptors (Lipinski definition) is 4. The van der Waals surface area contributed by atoms with Gasteiger partial charge in [-0.15, -0.1) is 0 Å². The number of aromatic nitrogens is 1. The Morgan fingerprint density at radius 1 is 1.47 bits per heavy atom. The molecule has 15 heavy (non-hydrogen) atoms. The number of nitrogens with zero attached hydrogens (tertiary/aromatic N) is 2. The van der Waals surface area contributed by atoms with Crippen LogP contribution in [-0.4, -0.2) is 22.3 Å². The van der Waals surface area contributed by atoms with Crippen molar-refractivity contribution in [2.24, 2.45) is 4.99 Å². The highest BCUT2D eigenvalue weighted by molar-refractivity contribution is 8.13. The Morgan fingerprint density at radius 2 is 2.33 bits per heavy atom. The number of nitrogens with one attached hydrogen (secondary N) is 1. The molecule has 0 bridgehead atoms. The van der Waals surface area contributed by atoms with Gasteiger partial charge >= 0.3 is 0 Å². The molecule has 1 aliphatic rings. The number of amidine groups is 1. The van der Waals surface area contributed by atoms with E-state index in [1.165, 1.54) is 11.8 Å². The van der Waals surface area contributed by atoms with Gasteiger partial charge in [0.15, 0.2) is 5.17 Å². The van der Waals surface area contributed by atoms with E-state index >= 15 is 0 Å². The Balaban J connectivity index is 2.28. The van der Waals surface area contributed by atoms with Gasteiger partial charge in [0.2, 0.25) is 0 Å². The van der Waals surface area contributed by atoms with Crippen LogP contribution in [-0.2, 0) is 4.79 Å². The van der Waals surface area contributed by atoms with Crippen molar-refractivity contribution in [3.63, 3.8) is 0 Å². The lowest BCUT2D eigenvalue weighted by atomic mass is 10.3. The monoisotopic (exact) mass is 219 g/mol. The lowest BCUT2D eigenvalue weighted by Crippen LogP contribution is -2.21. The molecule has 0 saturated heterocycles. The first-order valence-electron chi connectivity index (χ1n) is 4.36. The summed E-state index contributed by atoms with van der Waals surface area (Å²) in [5.74, 6) is -0.176. The third kappa shape index (κ3) is 2.24. The molecule has 4 nitrogen and oxygen atoms in total. The topological polar surface area (TPSA) is 54.4 Å². The van der Waals surface area contributed by atoms with Gasteiger partial charge in [-0.25, -0.2) is 4.99 Å². The summed E-state index contributed by atoms with van der Waals surface area (Å²) in [7, 11) is 0. The molecule has 0 aliphatic carbocycles. The molecule has 1 aliphatic heterocycles. The molecule has 0 unspecified atom stereocenters. The fourth-order valence-corrected chi connectivity index (χ4v) is 1.53. The van der Waals surface area contributed by atoms with Crippen LogP contribution in [0.15, 0.2) is 35.1 Å². The van der Waals surface area contributed by atoms with Crippen LogP contribution in [0.1, 0.15) is 5.69 Å². The van der Waals surface area contributed by atoms with E-state index in [-0.39, 0.29) is 5.91 Å². The maximum Gasteiger partial charge on any atom is 0.276 e. The van der Waals surface area contributed by atoms with Crippen LogP contribution < -0.4 is 5.32 Å². The maximum absolute atomic E-state index is 11.4. The number of carbonyl (C=O) groups is 1. The molecule has 2 heterocycles. The van der Waals surface area contributed by atoms with Crippen molar-refractivity contribution < 1.29 is 4.79 Å². The molecule has 2 rings (SSSR count). The van der Waals surface area contributed by atoms with Crippen molar-refractivity contribution in [1.82, 2.24) is 10.3 Å². The molecule has 1 aromatic heterocycles. The largest absolute Gasteiger partial charge is 0.300 e. The molecule has 0 spiro atoms. The third-order valence-corrected chi connectivity index (χ3v) is 2.42. The summed E-state index contributed by atoms with van der Waals surface area (Å²) in [5, 5.41) is 3.28. The summed E-state index contributed by atoms with van der Waals surface area (Å²) in [4.78, 5) is 19.6. The van der Waals surface area contributed by atoms with Crippen LogP contribution in [0.4, 0.5) is 0 Å². The van der Waals surface area contributed by atoms with Crippen molar-refractivity contribution in [3.05, 3.63) is 35.8 Å². The third-order valence-electron chi connectivity index (χ3n) is 1.84. The van der Waals surface area contributed by atoms with Crippen molar-refractivity contribution in [2.45, 2.75) is 0 Å². The molecular weight excluding hydrogens is 210 g/mol. The van der Waals surface area contributed by atoms with Crippen LogP contribution in [0, 0.1) is 0 Å². The van der Waals surface area contributed by atoms with Crippen LogP contribution in [0.2, 0.25) is 0 Å². The van der Waals surface area contributed by atoms with E-state index in [0.717, 1.165) is 5.69 Å². The molecule has 0 radical (unpaired) electrons. The first-order valence-corrected chi connectivity index (χ1v) is 5.59. The average Bonchev–Trinajstić information content (AvgIpc) is 2.61. The van der Waals surface area contributed by atoms with E-state index in [1.807, 2.05) is 24.5 Å². The quantitative estimate of drug-likeness (QED) is 0.724. The fourth-order valence-electron chi connectivity index (χ4n) is 1.15. The summed E-state index contributed by atoms with van der Waals surface area (Å²) in [6, 6.07) is 5.52. The van der Waals surface area contributed by atoms with Gasteiger partial charge in [-0.2, -0.15) is 0 Å². The zero-order valence-electron chi connectivity index (χ0n) is 8.10. The second-order valence-corrected chi connectivity index (χ2v) is 3.65. The molecule has 5 heteroatoms.